The second-order valence-electron chi connectivity index (χ2n) is 11.3. The highest BCUT2D eigenvalue weighted by molar-refractivity contribution is 5.85. The van der Waals surface area contributed by atoms with E-state index < -0.39 is 34.6 Å². The van der Waals surface area contributed by atoms with Crippen molar-refractivity contribution in [3.8, 4) is 0 Å². The second kappa shape index (κ2) is 6.60. The zero-order valence-electron chi connectivity index (χ0n) is 19.4. The quantitative estimate of drug-likeness (QED) is 0.511. The standard InChI is InChI=1S/C26H32O6/c1-23(2)17-12-21(29)32-26(5)16(24(17,3)10-7-19(23)27)6-9-25(4)18(26)13-20(28)31-22(25)15-8-11-30-14-15/h7-8,10-11,13-14,16-17,19,22,27H,6,9,12H2,1-5H3/t16-,17+,19-,22+,24+,25-,26+/m1/s1. The third-order valence-corrected chi connectivity index (χ3v) is 9.18. The van der Waals surface area contributed by atoms with E-state index in [0.717, 1.165) is 24.0 Å². The predicted molar refractivity (Wildman–Crippen MR) is 116 cm³/mol. The van der Waals surface area contributed by atoms with Crippen LogP contribution >= 0.6 is 0 Å². The number of rotatable bonds is 1. The van der Waals surface area contributed by atoms with Crippen molar-refractivity contribution in [2.75, 3.05) is 0 Å². The molecule has 2 aliphatic heterocycles. The van der Waals surface area contributed by atoms with Gasteiger partial charge in [0.2, 0.25) is 0 Å². The molecule has 1 aromatic heterocycles. The van der Waals surface area contributed by atoms with Crippen LogP contribution in [0.3, 0.4) is 0 Å². The Labute approximate surface area is 188 Å². The van der Waals surface area contributed by atoms with Crippen LogP contribution in [-0.2, 0) is 19.1 Å². The van der Waals surface area contributed by atoms with E-state index >= 15 is 0 Å². The average Bonchev–Trinajstić information content (AvgIpc) is 3.21. The molecular formula is C26H32O6. The molecule has 3 heterocycles. The highest BCUT2D eigenvalue weighted by Crippen LogP contribution is 2.66. The van der Waals surface area contributed by atoms with Crippen molar-refractivity contribution >= 4 is 11.9 Å². The van der Waals surface area contributed by atoms with E-state index in [4.69, 9.17) is 13.9 Å². The lowest BCUT2D eigenvalue weighted by Gasteiger charge is -2.59. The lowest BCUT2D eigenvalue weighted by molar-refractivity contribution is -0.175. The van der Waals surface area contributed by atoms with E-state index in [1.54, 1.807) is 18.6 Å². The SMILES string of the molecule is CC1(C)[C@H](O)C=C[C@@]2(C)[C@H]3CC[C@]4(C)C(=CC(=O)O[C@H]4c4ccoc4)[C@@]3(C)OC(=O)C[C@@H]12. The molecule has 0 unspecified atom stereocenters. The van der Waals surface area contributed by atoms with Gasteiger partial charge in [-0.2, -0.15) is 0 Å². The van der Waals surface area contributed by atoms with Crippen LogP contribution in [0.1, 0.15) is 65.5 Å². The van der Waals surface area contributed by atoms with Crippen molar-refractivity contribution in [3.05, 3.63) is 48.0 Å². The summed E-state index contributed by atoms with van der Waals surface area (Å²) in [4.78, 5) is 26.0. The van der Waals surface area contributed by atoms with Crippen molar-refractivity contribution in [1.29, 1.82) is 0 Å². The summed E-state index contributed by atoms with van der Waals surface area (Å²) >= 11 is 0. The van der Waals surface area contributed by atoms with Gasteiger partial charge in [-0.05, 0) is 48.2 Å². The Morgan fingerprint density at radius 3 is 2.53 bits per heavy atom. The van der Waals surface area contributed by atoms with Crippen molar-refractivity contribution in [3.63, 3.8) is 0 Å². The van der Waals surface area contributed by atoms with Crippen LogP contribution in [-0.4, -0.2) is 28.8 Å². The number of aliphatic hydroxyl groups is 1. The largest absolute Gasteiger partial charge is 0.472 e. The number of aliphatic hydroxyl groups excluding tert-OH is 1. The Hall–Kier alpha value is -2.34. The number of allylic oxidation sites excluding steroid dienone is 1. The Balaban J connectivity index is 1.67. The van der Waals surface area contributed by atoms with Crippen LogP contribution in [0.2, 0.25) is 0 Å². The summed E-state index contributed by atoms with van der Waals surface area (Å²) in [7, 11) is 0. The predicted octanol–water partition coefficient (Wildman–Crippen LogP) is 4.51. The van der Waals surface area contributed by atoms with E-state index in [0.29, 0.717) is 0 Å². The molecule has 6 nitrogen and oxygen atoms in total. The summed E-state index contributed by atoms with van der Waals surface area (Å²) in [5.74, 6) is -0.836. The normalized spacial score (nSPS) is 44.9. The second-order valence-corrected chi connectivity index (χ2v) is 11.3. The van der Waals surface area contributed by atoms with Gasteiger partial charge in [-0.15, -0.1) is 0 Å². The maximum Gasteiger partial charge on any atom is 0.331 e. The zero-order chi connectivity index (χ0) is 23.1. The molecule has 0 spiro atoms. The third kappa shape index (κ3) is 2.68. The first-order chi connectivity index (χ1) is 14.9. The van der Waals surface area contributed by atoms with Gasteiger partial charge in [-0.3, -0.25) is 4.79 Å². The lowest BCUT2D eigenvalue weighted by atomic mass is 9.46. The van der Waals surface area contributed by atoms with Gasteiger partial charge in [0.15, 0.2) is 0 Å². The molecule has 172 valence electrons. The minimum absolute atomic E-state index is 0.0373. The molecule has 1 N–H and O–H groups in total. The van der Waals surface area contributed by atoms with E-state index in [1.807, 2.05) is 32.9 Å². The summed E-state index contributed by atoms with van der Waals surface area (Å²) in [5.41, 5.74) is -0.716. The topological polar surface area (TPSA) is 86.0 Å². The summed E-state index contributed by atoms with van der Waals surface area (Å²) in [6, 6.07) is 1.82. The molecule has 1 saturated carbocycles. The van der Waals surface area contributed by atoms with Crippen LogP contribution < -0.4 is 0 Å². The minimum atomic E-state index is -0.961. The van der Waals surface area contributed by atoms with E-state index in [-0.39, 0.29) is 29.6 Å². The number of furan rings is 1. The van der Waals surface area contributed by atoms with Gasteiger partial charge in [0.05, 0.1) is 18.6 Å². The van der Waals surface area contributed by atoms with Gasteiger partial charge in [0.1, 0.15) is 11.7 Å². The summed E-state index contributed by atoms with van der Waals surface area (Å²) < 4.78 is 17.4. The summed E-state index contributed by atoms with van der Waals surface area (Å²) in [6.45, 7) is 10.3. The molecular weight excluding hydrogens is 408 g/mol. The molecule has 0 bridgehead atoms. The van der Waals surface area contributed by atoms with Crippen LogP contribution in [0.15, 0.2) is 46.8 Å². The molecule has 0 radical (unpaired) electrons. The number of cyclic esters (lactones) is 1. The molecule has 2 aliphatic carbocycles. The fraction of sp³-hybridized carbons (Fsp3) is 0.615. The van der Waals surface area contributed by atoms with Crippen LogP contribution in [0.25, 0.3) is 0 Å². The Morgan fingerprint density at radius 2 is 1.84 bits per heavy atom. The number of esters is 2. The Kier molecular flexibility index (Phi) is 4.43. The molecule has 1 aromatic rings. The monoisotopic (exact) mass is 440 g/mol. The first kappa shape index (κ1) is 21.5. The smallest absolute Gasteiger partial charge is 0.331 e. The molecule has 0 aromatic carbocycles. The highest BCUT2D eigenvalue weighted by atomic mass is 16.6. The van der Waals surface area contributed by atoms with E-state index in [2.05, 4.69) is 19.9 Å². The zero-order valence-corrected chi connectivity index (χ0v) is 19.4. The molecule has 7 atom stereocenters. The molecule has 4 aliphatic rings. The number of ether oxygens (including phenoxy) is 2. The van der Waals surface area contributed by atoms with E-state index in [9.17, 15) is 14.7 Å². The molecule has 6 heteroatoms. The van der Waals surface area contributed by atoms with Gasteiger partial charge < -0.3 is 19.0 Å². The third-order valence-electron chi connectivity index (χ3n) is 9.18. The molecule has 32 heavy (non-hydrogen) atoms. The van der Waals surface area contributed by atoms with Crippen molar-refractivity contribution in [2.45, 2.75) is 71.7 Å². The number of carbonyl (C=O) groups is 2. The minimum Gasteiger partial charge on any atom is -0.472 e. The molecule has 1 saturated heterocycles. The number of fused-ring (bicyclic) bond motifs is 5. The van der Waals surface area contributed by atoms with E-state index in [1.165, 1.54) is 0 Å². The van der Waals surface area contributed by atoms with Crippen LogP contribution in [0.5, 0.6) is 0 Å². The lowest BCUT2D eigenvalue weighted by Crippen LogP contribution is -2.59. The molecule has 2 fully saturated rings. The van der Waals surface area contributed by atoms with Gasteiger partial charge >= 0.3 is 11.9 Å². The number of carbonyl (C=O) groups excluding carboxylic acids is 2. The first-order valence-corrected chi connectivity index (χ1v) is 11.5. The van der Waals surface area contributed by atoms with Gasteiger partial charge in [0.25, 0.3) is 0 Å². The average molecular weight is 441 g/mol. The summed E-state index contributed by atoms with van der Waals surface area (Å²) in [6.07, 6.45) is 9.39. The fourth-order valence-electron chi connectivity index (χ4n) is 7.44. The van der Waals surface area contributed by atoms with Crippen molar-refractivity contribution in [1.82, 2.24) is 0 Å². The fourth-order valence-corrected chi connectivity index (χ4v) is 7.44. The van der Waals surface area contributed by atoms with Gasteiger partial charge in [-0.25, -0.2) is 4.79 Å². The Morgan fingerprint density at radius 1 is 1.09 bits per heavy atom. The Bertz CT molecular complexity index is 1020. The van der Waals surface area contributed by atoms with Gasteiger partial charge in [0, 0.05) is 29.4 Å². The first-order valence-electron chi connectivity index (χ1n) is 11.5. The maximum atomic E-state index is 13.2. The summed E-state index contributed by atoms with van der Waals surface area (Å²) in [5, 5.41) is 10.7. The van der Waals surface area contributed by atoms with Crippen molar-refractivity contribution in [2.24, 2.45) is 28.1 Å². The number of hydrogen-bond acceptors (Lipinski definition) is 6. The van der Waals surface area contributed by atoms with Crippen molar-refractivity contribution < 1.29 is 28.6 Å². The van der Waals surface area contributed by atoms with Crippen LogP contribution in [0.4, 0.5) is 0 Å². The molecule has 5 rings (SSSR count). The van der Waals surface area contributed by atoms with Crippen LogP contribution in [0, 0.1) is 28.1 Å². The van der Waals surface area contributed by atoms with Gasteiger partial charge in [-0.1, -0.05) is 39.8 Å². The maximum absolute atomic E-state index is 13.2. The highest BCUT2D eigenvalue weighted by Gasteiger charge is 2.66. The number of hydrogen-bond donors (Lipinski definition) is 1. The molecule has 0 amide bonds.